The van der Waals surface area contributed by atoms with E-state index in [0.29, 0.717) is 5.92 Å². The van der Waals surface area contributed by atoms with Crippen LogP contribution in [0.3, 0.4) is 0 Å². The van der Waals surface area contributed by atoms with E-state index in [-0.39, 0.29) is 0 Å². The van der Waals surface area contributed by atoms with E-state index in [1.54, 1.807) is 0 Å². The minimum atomic E-state index is -0.720. The molecule has 1 aliphatic rings. The van der Waals surface area contributed by atoms with E-state index in [4.69, 9.17) is 4.52 Å². The summed E-state index contributed by atoms with van der Waals surface area (Å²) >= 11 is 0. The Balaban J connectivity index is 1.27. The van der Waals surface area contributed by atoms with Gasteiger partial charge in [0, 0.05) is 11.1 Å². The summed E-state index contributed by atoms with van der Waals surface area (Å²) in [6.07, 6.45) is 4.58. The average molecular weight is 466 g/mol. The minimum absolute atomic E-state index is 0.524. The Morgan fingerprint density at radius 2 is 1.54 bits per heavy atom. The van der Waals surface area contributed by atoms with Crippen molar-refractivity contribution in [1.82, 2.24) is 5.16 Å². The van der Waals surface area contributed by atoms with E-state index >= 15 is 0 Å². The molecule has 1 aliphatic carbocycles. The molecule has 0 amide bonds. The Hall–Kier alpha value is -3.66. The number of carbonyl (C=O) groups is 1. The SMILES string of the molecule is Cc1noc(-c2ccc(-c3ccc(C4(C(=O)O)CC4)cc3)cc2)c1CCCC(C)c1ccccc1. The summed E-state index contributed by atoms with van der Waals surface area (Å²) in [4.78, 5) is 11.6. The zero-order chi connectivity index (χ0) is 24.4. The Morgan fingerprint density at radius 1 is 0.943 bits per heavy atom. The van der Waals surface area contributed by atoms with Gasteiger partial charge in [0.2, 0.25) is 0 Å². The van der Waals surface area contributed by atoms with Crippen LogP contribution < -0.4 is 0 Å². The van der Waals surface area contributed by atoms with Crippen molar-refractivity contribution < 1.29 is 14.4 Å². The number of aliphatic carboxylic acids is 1. The third kappa shape index (κ3) is 4.66. The maximum Gasteiger partial charge on any atom is 0.314 e. The molecule has 178 valence electrons. The highest BCUT2D eigenvalue weighted by Gasteiger charge is 2.51. The highest BCUT2D eigenvalue weighted by molar-refractivity contribution is 5.85. The molecule has 5 rings (SSSR count). The molecule has 0 aliphatic heterocycles. The van der Waals surface area contributed by atoms with Crippen molar-refractivity contribution in [3.63, 3.8) is 0 Å². The molecule has 1 fully saturated rings. The van der Waals surface area contributed by atoms with E-state index in [1.165, 1.54) is 11.1 Å². The predicted molar refractivity (Wildman–Crippen MR) is 138 cm³/mol. The molecule has 0 bridgehead atoms. The molecule has 1 N–H and O–H groups in total. The van der Waals surface area contributed by atoms with Gasteiger partial charge in [0.05, 0.1) is 11.1 Å². The van der Waals surface area contributed by atoms with Gasteiger partial charge in [-0.15, -0.1) is 0 Å². The van der Waals surface area contributed by atoms with Gasteiger partial charge in [-0.25, -0.2) is 0 Å². The predicted octanol–water partition coefficient (Wildman–Crippen LogP) is 7.56. The molecule has 4 aromatic rings. The summed E-state index contributed by atoms with van der Waals surface area (Å²) in [6.45, 7) is 4.30. The van der Waals surface area contributed by atoms with Crippen LogP contribution in [0.5, 0.6) is 0 Å². The molecule has 4 nitrogen and oxygen atoms in total. The van der Waals surface area contributed by atoms with Crippen molar-refractivity contribution in [2.75, 3.05) is 0 Å². The first kappa shape index (κ1) is 23.1. The molecular weight excluding hydrogens is 434 g/mol. The molecule has 0 radical (unpaired) electrons. The molecule has 0 spiro atoms. The molecular formula is C31H31NO3. The van der Waals surface area contributed by atoms with Crippen LogP contribution in [0.1, 0.15) is 60.9 Å². The molecule has 35 heavy (non-hydrogen) atoms. The number of hydrogen-bond donors (Lipinski definition) is 1. The lowest BCUT2D eigenvalue weighted by Gasteiger charge is -2.12. The first-order valence-corrected chi connectivity index (χ1v) is 12.4. The van der Waals surface area contributed by atoms with Crippen LogP contribution in [0.4, 0.5) is 0 Å². The van der Waals surface area contributed by atoms with Crippen molar-refractivity contribution in [2.24, 2.45) is 0 Å². The summed E-state index contributed by atoms with van der Waals surface area (Å²) in [5, 5.41) is 13.8. The molecule has 1 heterocycles. The second-order valence-electron chi connectivity index (χ2n) is 9.82. The van der Waals surface area contributed by atoms with E-state index in [9.17, 15) is 9.90 Å². The number of carboxylic acid groups (broad SMARTS) is 1. The number of nitrogens with zero attached hydrogens (tertiary/aromatic N) is 1. The van der Waals surface area contributed by atoms with E-state index in [2.05, 4.69) is 66.7 Å². The lowest BCUT2D eigenvalue weighted by atomic mass is 9.92. The highest BCUT2D eigenvalue weighted by atomic mass is 16.5. The molecule has 1 unspecified atom stereocenters. The van der Waals surface area contributed by atoms with Crippen LogP contribution in [0.15, 0.2) is 83.4 Å². The fourth-order valence-corrected chi connectivity index (χ4v) is 4.99. The number of benzene rings is 3. The third-order valence-electron chi connectivity index (χ3n) is 7.49. The van der Waals surface area contributed by atoms with Crippen molar-refractivity contribution in [3.05, 3.63) is 101 Å². The Kier molecular flexibility index (Phi) is 6.29. The van der Waals surface area contributed by atoms with Crippen LogP contribution in [-0.4, -0.2) is 16.2 Å². The van der Waals surface area contributed by atoms with Crippen molar-refractivity contribution in [2.45, 2.75) is 57.3 Å². The summed E-state index contributed by atoms with van der Waals surface area (Å²) in [5.41, 5.74) is 6.95. The number of rotatable bonds is 9. The molecule has 3 aromatic carbocycles. The van der Waals surface area contributed by atoms with Gasteiger partial charge in [-0.1, -0.05) is 90.9 Å². The lowest BCUT2D eigenvalue weighted by molar-refractivity contribution is -0.140. The minimum Gasteiger partial charge on any atom is -0.481 e. The lowest BCUT2D eigenvalue weighted by Crippen LogP contribution is -2.19. The van der Waals surface area contributed by atoms with Crippen molar-refractivity contribution in [1.29, 1.82) is 0 Å². The summed E-state index contributed by atoms with van der Waals surface area (Å²) in [6, 6.07) is 27.0. The molecule has 1 saturated carbocycles. The summed E-state index contributed by atoms with van der Waals surface area (Å²) < 4.78 is 5.75. The highest BCUT2D eigenvalue weighted by Crippen LogP contribution is 2.48. The maximum absolute atomic E-state index is 11.6. The van der Waals surface area contributed by atoms with Crippen LogP contribution >= 0.6 is 0 Å². The van der Waals surface area contributed by atoms with E-state index in [1.807, 2.05) is 31.2 Å². The third-order valence-corrected chi connectivity index (χ3v) is 7.49. The quantitative estimate of drug-likeness (QED) is 0.277. The normalized spacial score (nSPS) is 15.0. The van der Waals surface area contributed by atoms with Gasteiger partial charge in [-0.2, -0.15) is 0 Å². The molecule has 1 aromatic heterocycles. The number of hydrogen-bond acceptors (Lipinski definition) is 3. The second-order valence-corrected chi connectivity index (χ2v) is 9.82. The largest absolute Gasteiger partial charge is 0.481 e. The van der Waals surface area contributed by atoms with Gasteiger partial charge in [-0.05, 0) is 67.2 Å². The molecule has 0 saturated heterocycles. The Labute approximate surface area is 206 Å². The monoisotopic (exact) mass is 465 g/mol. The first-order chi connectivity index (χ1) is 17.0. The van der Waals surface area contributed by atoms with Crippen molar-refractivity contribution in [3.8, 4) is 22.5 Å². The number of aromatic nitrogens is 1. The van der Waals surface area contributed by atoms with Crippen LogP contribution in [0, 0.1) is 6.92 Å². The summed E-state index contributed by atoms with van der Waals surface area (Å²) in [5.74, 6) is 0.659. The van der Waals surface area contributed by atoms with Gasteiger partial charge < -0.3 is 9.63 Å². The smallest absolute Gasteiger partial charge is 0.314 e. The topological polar surface area (TPSA) is 63.3 Å². The van der Waals surface area contributed by atoms with E-state index < -0.39 is 11.4 Å². The summed E-state index contributed by atoms with van der Waals surface area (Å²) in [7, 11) is 0. The van der Waals surface area contributed by atoms with E-state index in [0.717, 1.165) is 65.8 Å². The van der Waals surface area contributed by atoms with Gasteiger partial charge in [-0.3, -0.25) is 4.79 Å². The molecule has 4 heteroatoms. The Morgan fingerprint density at radius 3 is 2.14 bits per heavy atom. The second kappa shape index (κ2) is 9.53. The standard InChI is InChI=1S/C31H31NO3/c1-21(23-8-4-3-5-9-23)7-6-10-28-22(2)32-35-29(28)26-13-11-24(12-14-26)25-15-17-27(18-16-25)31(19-20-31)30(33)34/h3-5,8-9,11-18,21H,6-7,10,19-20H2,1-2H3,(H,33,34). The fraction of sp³-hybridized carbons (Fsp3) is 0.290. The zero-order valence-corrected chi connectivity index (χ0v) is 20.3. The van der Waals surface area contributed by atoms with Gasteiger partial charge in [0.15, 0.2) is 5.76 Å². The van der Waals surface area contributed by atoms with Crippen LogP contribution in [0.2, 0.25) is 0 Å². The van der Waals surface area contributed by atoms with Crippen LogP contribution in [-0.2, 0) is 16.6 Å². The maximum atomic E-state index is 11.6. The molecule has 1 atom stereocenters. The van der Waals surface area contributed by atoms with Gasteiger partial charge >= 0.3 is 5.97 Å². The number of aryl methyl sites for hydroxylation is 1. The van der Waals surface area contributed by atoms with Crippen LogP contribution in [0.25, 0.3) is 22.5 Å². The average Bonchev–Trinajstić information content (AvgIpc) is 3.63. The van der Waals surface area contributed by atoms with Gasteiger partial charge in [0.1, 0.15) is 0 Å². The fourth-order valence-electron chi connectivity index (χ4n) is 4.99. The number of carboxylic acids is 1. The van der Waals surface area contributed by atoms with Gasteiger partial charge in [0.25, 0.3) is 0 Å². The zero-order valence-electron chi connectivity index (χ0n) is 20.3. The van der Waals surface area contributed by atoms with Crippen molar-refractivity contribution >= 4 is 5.97 Å². The Bertz CT molecular complexity index is 1300. The first-order valence-electron chi connectivity index (χ1n) is 12.4.